The molecule has 186 valence electrons. The van der Waals surface area contributed by atoms with Crippen molar-refractivity contribution in [2.24, 2.45) is 5.73 Å². The summed E-state index contributed by atoms with van der Waals surface area (Å²) in [6, 6.07) is 20.0. The lowest BCUT2D eigenvalue weighted by Gasteiger charge is -2.45. The molecule has 3 aromatic carbocycles. The molecule has 3 aromatic rings. The van der Waals surface area contributed by atoms with Crippen molar-refractivity contribution in [3.05, 3.63) is 77.9 Å². The van der Waals surface area contributed by atoms with Crippen LogP contribution in [0, 0.1) is 5.41 Å². The van der Waals surface area contributed by atoms with Gasteiger partial charge in [-0.25, -0.2) is 0 Å². The van der Waals surface area contributed by atoms with Crippen molar-refractivity contribution in [1.82, 2.24) is 10.2 Å². The number of fused-ring (bicyclic) bond motifs is 1. The summed E-state index contributed by atoms with van der Waals surface area (Å²) >= 11 is 0. The second kappa shape index (κ2) is 10.5. The lowest BCUT2D eigenvalue weighted by atomic mass is 9.78. The third-order valence-electron chi connectivity index (χ3n) is 6.48. The van der Waals surface area contributed by atoms with Gasteiger partial charge in [-0.2, -0.15) is 0 Å². The maximum absolute atomic E-state index is 13.1. The summed E-state index contributed by atoms with van der Waals surface area (Å²) in [5, 5.41) is 21.8. The smallest absolute Gasteiger partial charge is 0.312 e. The molecule has 0 radical (unpaired) electrons. The summed E-state index contributed by atoms with van der Waals surface area (Å²) in [5.41, 5.74) is 5.52. The van der Waals surface area contributed by atoms with Crippen LogP contribution in [0.25, 0.3) is 10.8 Å². The number of hydrogen-bond donors (Lipinski definition) is 4. The minimum absolute atomic E-state index is 0.0367. The zero-order valence-electron chi connectivity index (χ0n) is 19.7. The predicted molar refractivity (Wildman–Crippen MR) is 135 cm³/mol. The zero-order chi connectivity index (χ0) is 25.7. The highest BCUT2D eigenvalue weighted by atomic mass is 16.5. The first-order valence-corrected chi connectivity index (χ1v) is 11.7. The van der Waals surface area contributed by atoms with Crippen LogP contribution in [0.4, 0.5) is 0 Å². The number of amides is 2. The Bertz CT molecular complexity index is 1300. The molecule has 1 unspecified atom stereocenters. The second-order valence-electron chi connectivity index (χ2n) is 8.73. The molecule has 1 saturated heterocycles. The van der Waals surface area contributed by atoms with Crippen LogP contribution in [-0.2, 0) is 19.9 Å². The Morgan fingerprint density at radius 3 is 2.53 bits per heavy atom. The molecule has 0 aromatic heterocycles. The van der Waals surface area contributed by atoms with Gasteiger partial charge in [-0.1, -0.05) is 42.5 Å². The number of nitrogens with one attached hydrogen (secondary N) is 2. The number of benzene rings is 3. The van der Waals surface area contributed by atoms with E-state index < -0.39 is 23.3 Å². The number of carbonyl (C=O) groups excluding carboxylic acids is 2. The molecular weight excluding hydrogens is 460 g/mol. The minimum Gasteiger partial charge on any atom is -0.494 e. The average Bonchev–Trinajstić information content (AvgIpc) is 2.87. The minimum atomic E-state index is -1.25. The fourth-order valence-corrected chi connectivity index (χ4v) is 4.85. The van der Waals surface area contributed by atoms with Crippen LogP contribution in [0.5, 0.6) is 5.75 Å². The van der Waals surface area contributed by atoms with Crippen LogP contribution in [0.15, 0.2) is 66.7 Å². The number of rotatable bonds is 10. The maximum atomic E-state index is 13.1. The normalized spacial score (nSPS) is 15.3. The third kappa shape index (κ3) is 5.00. The Morgan fingerprint density at radius 1 is 1.08 bits per heavy atom. The van der Waals surface area contributed by atoms with Gasteiger partial charge < -0.3 is 25.8 Å². The molecule has 36 heavy (non-hydrogen) atoms. The van der Waals surface area contributed by atoms with Crippen LogP contribution in [0.1, 0.15) is 30.4 Å². The van der Waals surface area contributed by atoms with E-state index in [2.05, 4.69) is 5.32 Å². The second-order valence-corrected chi connectivity index (χ2v) is 8.73. The molecule has 0 aliphatic carbocycles. The number of nitrogens with two attached hydrogens (primary N) is 1. The van der Waals surface area contributed by atoms with Crippen molar-refractivity contribution >= 4 is 34.4 Å². The molecule has 0 bridgehead atoms. The number of ether oxygens (including phenoxy) is 1. The number of piperazine rings is 1. The van der Waals surface area contributed by atoms with E-state index in [-0.39, 0.29) is 38.4 Å². The van der Waals surface area contributed by atoms with Gasteiger partial charge in [0.25, 0.3) is 0 Å². The molecular formula is C27H28N4O5. The molecule has 0 spiro atoms. The molecule has 0 saturated carbocycles. The van der Waals surface area contributed by atoms with Gasteiger partial charge in [0.1, 0.15) is 11.6 Å². The van der Waals surface area contributed by atoms with Gasteiger partial charge in [-0.05, 0) is 53.4 Å². The van der Waals surface area contributed by atoms with Crippen LogP contribution >= 0.6 is 0 Å². The topological polar surface area (TPSA) is 146 Å². The van der Waals surface area contributed by atoms with E-state index in [0.29, 0.717) is 23.3 Å². The van der Waals surface area contributed by atoms with E-state index in [1.54, 1.807) is 24.3 Å². The van der Waals surface area contributed by atoms with E-state index in [0.717, 1.165) is 10.8 Å². The van der Waals surface area contributed by atoms with Gasteiger partial charge in [-0.3, -0.25) is 19.8 Å². The standard InChI is InChI=1S/C27H28N4O5/c28-24(29)19-9-11-20(12-10-19)36-16-4-13-27(17-23(32)33,31-15-14-30-25(34)26(31)35)22-8-3-6-18-5-1-2-7-21(18)22/h1-3,5-12H,4,13-17H2,(H3,28,29)(H,30,34)(H,32,33). The SMILES string of the molecule is N=C(N)c1ccc(OCCCC(CC(=O)O)(c2cccc3ccccc23)N2CCNC(=O)C2=O)cc1. The Kier molecular flexibility index (Phi) is 7.19. The van der Waals surface area contributed by atoms with Gasteiger partial charge >= 0.3 is 17.8 Å². The maximum Gasteiger partial charge on any atom is 0.312 e. The van der Waals surface area contributed by atoms with Crippen LogP contribution in [0.3, 0.4) is 0 Å². The third-order valence-corrected chi connectivity index (χ3v) is 6.48. The number of nitrogen functional groups attached to an aromatic ring is 1. The Hall–Kier alpha value is -4.40. The van der Waals surface area contributed by atoms with Crippen LogP contribution in [0.2, 0.25) is 0 Å². The van der Waals surface area contributed by atoms with Gasteiger partial charge in [0, 0.05) is 18.7 Å². The Balaban J connectivity index is 1.68. The monoisotopic (exact) mass is 488 g/mol. The fourth-order valence-electron chi connectivity index (χ4n) is 4.85. The molecule has 1 aliphatic rings. The summed E-state index contributed by atoms with van der Waals surface area (Å²) in [5.74, 6) is -2.00. The van der Waals surface area contributed by atoms with E-state index in [9.17, 15) is 19.5 Å². The van der Waals surface area contributed by atoms with E-state index >= 15 is 0 Å². The van der Waals surface area contributed by atoms with Crippen molar-refractivity contribution in [1.29, 1.82) is 5.41 Å². The molecule has 2 amide bonds. The molecule has 1 heterocycles. The number of aliphatic carboxylic acids is 1. The zero-order valence-corrected chi connectivity index (χ0v) is 19.7. The number of carbonyl (C=O) groups is 3. The summed E-state index contributed by atoms with van der Waals surface area (Å²) in [4.78, 5) is 39.0. The van der Waals surface area contributed by atoms with Crippen LogP contribution in [-0.4, -0.2) is 53.3 Å². The van der Waals surface area contributed by atoms with Crippen molar-refractivity contribution in [2.75, 3.05) is 19.7 Å². The van der Waals surface area contributed by atoms with Crippen molar-refractivity contribution in [2.45, 2.75) is 24.8 Å². The number of hydrogen-bond acceptors (Lipinski definition) is 5. The summed E-state index contributed by atoms with van der Waals surface area (Å²) in [6.45, 7) is 0.712. The van der Waals surface area contributed by atoms with E-state index in [1.165, 1.54) is 4.90 Å². The first kappa shape index (κ1) is 24.7. The van der Waals surface area contributed by atoms with E-state index in [1.807, 2.05) is 42.5 Å². The predicted octanol–water partition coefficient (Wildman–Crippen LogP) is 2.61. The van der Waals surface area contributed by atoms with Gasteiger partial charge in [0.05, 0.1) is 18.6 Å². The highest BCUT2D eigenvalue weighted by molar-refractivity contribution is 6.35. The van der Waals surface area contributed by atoms with Crippen molar-refractivity contribution in [3.63, 3.8) is 0 Å². The fraction of sp³-hybridized carbons (Fsp3) is 0.259. The molecule has 5 N–H and O–H groups in total. The van der Waals surface area contributed by atoms with Crippen molar-refractivity contribution < 1.29 is 24.2 Å². The van der Waals surface area contributed by atoms with Crippen LogP contribution < -0.4 is 15.8 Å². The van der Waals surface area contributed by atoms with Gasteiger partial charge in [0.2, 0.25) is 0 Å². The summed E-state index contributed by atoms with van der Waals surface area (Å²) < 4.78 is 5.86. The largest absolute Gasteiger partial charge is 0.494 e. The summed E-state index contributed by atoms with van der Waals surface area (Å²) in [7, 11) is 0. The lowest BCUT2D eigenvalue weighted by molar-refractivity contribution is -0.157. The molecule has 9 heteroatoms. The highest BCUT2D eigenvalue weighted by Crippen LogP contribution is 2.41. The molecule has 1 aliphatic heterocycles. The van der Waals surface area contributed by atoms with Gasteiger partial charge in [0.15, 0.2) is 0 Å². The van der Waals surface area contributed by atoms with Gasteiger partial charge in [-0.15, -0.1) is 0 Å². The Morgan fingerprint density at radius 2 is 1.81 bits per heavy atom. The number of nitrogens with zero attached hydrogens (tertiary/aromatic N) is 1. The Labute approximate surface area is 208 Å². The number of carboxylic acid groups (broad SMARTS) is 1. The first-order valence-electron chi connectivity index (χ1n) is 11.7. The molecule has 1 atom stereocenters. The highest BCUT2D eigenvalue weighted by Gasteiger charge is 2.46. The quantitative estimate of drug-likeness (QED) is 0.149. The summed E-state index contributed by atoms with van der Waals surface area (Å²) in [6.07, 6.45) is 0.349. The molecule has 9 nitrogen and oxygen atoms in total. The number of carboxylic acids is 1. The number of amidine groups is 1. The first-order chi connectivity index (χ1) is 17.3. The molecule has 1 fully saturated rings. The lowest BCUT2D eigenvalue weighted by Crippen LogP contribution is -2.60. The van der Waals surface area contributed by atoms with Crippen molar-refractivity contribution in [3.8, 4) is 5.75 Å². The average molecular weight is 489 g/mol. The molecule has 4 rings (SSSR count). The van der Waals surface area contributed by atoms with E-state index in [4.69, 9.17) is 15.9 Å².